The molecule has 0 atom stereocenters. The molecule has 4 rings (SSSR count). The molecule has 2 aromatic carbocycles. The predicted molar refractivity (Wildman–Crippen MR) is 109 cm³/mol. The van der Waals surface area contributed by atoms with Gasteiger partial charge in [-0.15, -0.1) is 0 Å². The van der Waals surface area contributed by atoms with E-state index in [1.54, 1.807) is 0 Å². The second-order valence-electron chi connectivity index (χ2n) is 6.68. The SMILES string of the molecule is Cc1ccn2cc(-c3ccc(C)c(NC(=O)c4c(F)cccc4Cl)c3)nc2c1. The van der Waals surface area contributed by atoms with Crippen LogP contribution in [0.15, 0.2) is 60.9 Å². The molecule has 6 heteroatoms. The van der Waals surface area contributed by atoms with Gasteiger partial charge in [-0.3, -0.25) is 4.79 Å². The van der Waals surface area contributed by atoms with E-state index in [0.717, 1.165) is 28.0 Å². The van der Waals surface area contributed by atoms with Crippen molar-refractivity contribution in [1.82, 2.24) is 9.38 Å². The smallest absolute Gasteiger partial charge is 0.260 e. The topological polar surface area (TPSA) is 46.4 Å². The molecule has 0 spiro atoms. The number of fused-ring (bicyclic) bond motifs is 1. The summed E-state index contributed by atoms with van der Waals surface area (Å²) in [6.07, 6.45) is 3.89. The zero-order valence-electron chi connectivity index (χ0n) is 15.3. The third-order valence-electron chi connectivity index (χ3n) is 4.59. The van der Waals surface area contributed by atoms with E-state index in [0.29, 0.717) is 5.69 Å². The molecule has 0 radical (unpaired) electrons. The maximum absolute atomic E-state index is 14.0. The average molecular weight is 394 g/mol. The number of halogens is 2. The molecule has 2 aromatic heterocycles. The molecule has 4 nitrogen and oxygen atoms in total. The Kier molecular flexibility index (Phi) is 4.61. The summed E-state index contributed by atoms with van der Waals surface area (Å²) in [4.78, 5) is 17.2. The van der Waals surface area contributed by atoms with E-state index in [-0.39, 0.29) is 10.6 Å². The van der Waals surface area contributed by atoms with Gasteiger partial charge in [0, 0.05) is 23.6 Å². The zero-order valence-corrected chi connectivity index (χ0v) is 16.1. The van der Waals surface area contributed by atoms with E-state index in [9.17, 15) is 9.18 Å². The highest BCUT2D eigenvalue weighted by atomic mass is 35.5. The van der Waals surface area contributed by atoms with Crippen molar-refractivity contribution in [1.29, 1.82) is 0 Å². The van der Waals surface area contributed by atoms with E-state index >= 15 is 0 Å². The molecule has 140 valence electrons. The molecule has 2 heterocycles. The summed E-state index contributed by atoms with van der Waals surface area (Å²) in [5.41, 5.74) is 4.87. The summed E-state index contributed by atoms with van der Waals surface area (Å²) in [6.45, 7) is 3.89. The third-order valence-corrected chi connectivity index (χ3v) is 4.90. The number of pyridine rings is 1. The molecule has 0 saturated heterocycles. The quantitative estimate of drug-likeness (QED) is 0.488. The molecule has 0 saturated carbocycles. The molecule has 4 aromatic rings. The van der Waals surface area contributed by atoms with Gasteiger partial charge in [0.25, 0.3) is 5.91 Å². The highest BCUT2D eigenvalue weighted by molar-refractivity contribution is 6.34. The number of carbonyl (C=O) groups excluding carboxylic acids is 1. The second-order valence-corrected chi connectivity index (χ2v) is 7.08. The number of amides is 1. The van der Waals surface area contributed by atoms with Crippen LogP contribution >= 0.6 is 11.6 Å². The van der Waals surface area contributed by atoms with Crippen LogP contribution in [-0.2, 0) is 0 Å². The zero-order chi connectivity index (χ0) is 19.8. The summed E-state index contributed by atoms with van der Waals surface area (Å²) in [5, 5.41) is 2.83. The van der Waals surface area contributed by atoms with Crippen molar-refractivity contribution in [3.05, 3.63) is 88.5 Å². The lowest BCUT2D eigenvalue weighted by Gasteiger charge is -2.11. The number of carbonyl (C=O) groups is 1. The lowest BCUT2D eigenvalue weighted by Crippen LogP contribution is -2.15. The molecule has 1 N–H and O–H groups in total. The Morgan fingerprint density at radius 3 is 2.75 bits per heavy atom. The fraction of sp³-hybridized carbons (Fsp3) is 0.0909. The van der Waals surface area contributed by atoms with Crippen molar-refractivity contribution in [2.75, 3.05) is 5.32 Å². The molecule has 0 bridgehead atoms. The van der Waals surface area contributed by atoms with Gasteiger partial charge in [-0.2, -0.15) is 0 Å². The van der Waals surface area contributed by atoms with Crippen molar-refractivity contribution in [2.45, 2.75) is 13.8 Å². The molecule has 1 amide bonds. The number of benzene rings is 2. The van der Waals surface area contributed by atoms with Crippen LogP contribution in [-0.4, -0.2) is 15.3 Å². The molecule has 0 aliphatic carbocycles. The van der Waals surface area contributed by atoms with Gasteiger partial charge in [0.1, 0.15) is 11.5 Å². The van der Waals surface area contributed by atoms with Crippen LogP contribution in [0, 0.1) is 19.7 Å². The molecule has 0 fully saturated rings. The minimum absolute atomic E-state index is 0.0713. The maximum Gasteiger partial charge on any atom is 0.260 e. The number of anilines is 1. The van der Waals surface area contributed by atoms with Crippen LogP contribution in [0.2, 0.25) is 5.02 Å². The van der Waals surface area contributed by atoms with Crippen LogP contribution in [0.25, 0.3) is 16.9 Å². The summed E-state index contributed by atoms with van der Waals surface area (Å²) in [7, 11) is 0. The molecule has 0 unspecified atom stereocenters. The Morgan fingerprint density at radius 2 is 1.96 bits per heavy atom. The number of aryl methyl sites for hydroxylation is 2. The normalized spacial score (nSPS) is 11.0. The van der Waals surface area contributed by atoms with Crippen LogP contribution in [0.3, 0.4) is 0 Å². The first-order valence-corrected chi connectivity index (χ1v) is 9.12. The third kappa shape index (κ3) is 3.37. The van der Waals surface area contributed by atoms with Crippen LogP contribution < -0.4 is 5.32 Å². The first-order valence-electron chi connectivity index (χ1n) is 8.74. The Labute approximate surface area is 166 Å². The number of hydrogen-bond donors (Lipinski definition) is 1. The van der Waals surface area contributed by atoms with Gasteiger partial charge in [-0.25, -0.2) is 9.37 Å². The minimum Gasteiger partial charge on any atom is -0.322 e. The highest BCUT2D eigenvalue weighted by Gasteiger charge is 2.17. The summed E-state index contributed by atoms with van der Waals surface area (Å²) < 4.78 is 16.0. The number of nitrogens with one attached hydrogen (secondary N) is 1. The van der Waals surface area contributed by atoms with Crippen LogP contribution in [0.1, 0.15) is 21.5 Å². The number of hydrogen-bond acceptors (Lipinski definition) is 2. The monoisotopic (exact) mass is 393 g/mol. The van der Waals surface area contributed by atoms with Crippen molar-refractivity contribution in [2.24, 2.45) is 0 Å². The maximum atomic E-state index is 14.0. The number of rotatable bonds is 3. The van der Waals surface area contributed by atoms with E-state index in [1.165, 1.54) is 18.2 Å². The minimum atomic E-state index is -0.658. The fourth-order valence-electron chi connectivity index (χ4n) is 3.04. The summed E-state index contributed by atoms with van der Waals surface area (Å²) >= 11 is 6.00. The largest absolute Gasteiger partial charge is 0.322 e. The van der Waals surface area contributed by atoms with Gasteiger partial charge >= 0.3 is 0 Å². The van der Waals surface area contributed by atoms with E-state index in [1.807, 2.05) is 61.0 Å². The van der Waals surface area contributed by atoms with Crippen molar-refractivity contribution in [3.63, 3.8) is 0 Å². The second kappa shape index (κ2) is 7.09. The highest BCUT2D eigenvalue weighted by Crippen LogP contribution is 2.27. The first kappa shape index (κ1) is 18.2. The molecular weight excluding hydrogens is 377 g/mol. The molecule has 0 aliphatic rings. The van der Waals surface area contributed by atoms with Gasteiger partial charge in [0.15, 0.2) is 0 Å². The van der Waals surface area contributed by atoms with Crippen LogP contribution in [0.5, 0.6) is 0 Å². The van der Waals surface area contributed by atoms with Gasteiger partial charge in [-0.05, 0) is 55.3 Å². The first-order chi connectivity index (χ1) is 13.4. The predicted octanol–water partition coefficient (Wildman–Crippen LogP) is 5.66. The fourth-order valence-corrected chi connectivity index (χ4v) is 3.29. The lowest BCUT2D eigenvalue weighted by molar-refractivity contribution is 0.102. The standard InChI is InChI=1S/C22H17ClFN3O/c1-13-8-9-27-12-19(25-20(27)10-13)15-7-6-14(2)18(11-15)26-22(28)21-16(23)4-3-5-17(21)24/h3-12H,1-2H3,(H,26,28). The van der Waals surface area contributed by atoms with E-state index in [2.05, 4.69) is 10.3 Å². The summed E-state index contributed by atoms with van der Waals surface area (Å²) in [5.74, 6) is -1.25. The van der Waals surface area contributed by atoms with E-state index in [4.69, 9.17) is 11.6 Å². The Bertz CT molecular complexity index is 1200. The van der Waals surface area contributed by atoms with Crippen LogP contribution in [0.4, 0.5) is 10.1 Å². The molecular formula is C22H17ClFN3O. The van der Waals surface area contributed by atoms with Gasteiger partial charge in [-0.1, -0.05) is 29.8 Å². The Hall–Kier alpha value is -3.18. The van der Waals surface area contributed by atoms with Crippen molar-refractivity contribution >= 4 is 28.8 Å². The van der Waals surface area contributed by atoms with Crippen molar-refractivity contribution in [3.8, 4) is 11.3 Å². The average Bonchev–Trinajstić information content (AvgIpc) is 3.06. The number of aromatic nitrogens is 2. The lowest BCUT2D eigenvalue weighted by atomic mass is 10.1. The van der Waals surface area contributed by atoms with E-state index < -0.39 is 11.7 Å². The number of nitrogens with zero attached hydrogens (tertiary/aromatic N) is 2. The Balaban J connectivity index is 1.69. The Morgan fingerprint density at radius 1 is 1.14 bits per heavy atom. The van der Waals surface area contributed by atoms with Gasteiger partial charge < -0.3 is 9.72 Å². The molecule has 0 aliphatic heterocycles. The molecule has 28 heavy (non-hydrogen) atoms. The number of imidazole rings is 1. The van der Waals surface area contributed by atoms with Gasteiger partial charge in [0.2, 0.25) is 0 Å². The summed E-state index contributed by atoms with van der Waals surface area (Å²) in [6, 6.07) is 13.8. The van der Waals surface area contributed by atoms with Crippen molar-refractivity contribution < 1.29 is 9.18 Å². The van der Waals surface area contributed by atoms with Gasteiger partial charge in [0.05, 0.1) is 16.3 Å².